The number of rotatable bonds is 6. The number of hydrogen-bond acceptors (Lipinski definition) is 6. The van der Waals surface area contributed by atoms with Gasteiger partial charge in [0.05, 0.1) is 31.9 Å². The molecule has 0 bridgehead atoms. The van der Waals surface area contributed by atoms with E-state index in [0.29, 0.717) is 29.2 Å². The van der Waals surface area contributed by atoms with E-state index in [9.17, 15) is 14.7 Å². The Hall–Kier alpha value is -3.32. The third kappa shape index (κ3) is 4.01. The standard InChI is InChI=1S/C24H25NO6/c1-29-17-10-8-15(9-11-17)22(26)20-21(16-5-3-6-18(13-16)30-2)25(24(28)23(20)27)14-19-7-4-12-31-19/h3,5-6,8-11,13,19,21,26H,4,7,12,14H2,1-2H3/b22-20+. The number of benzene rings is 2. The van der Waals surface area contributed by atoms with Gasteiger partial charge in [-0.2, -0.15) is 0 Å². The van der Waals surface area contributed by atoms with Crippen LogP contribution in [-0.2, 0) is 14.3 Å². The number of likely N-dealkylation sites (tertiary alicyclic amines) is 1. The van der Waals surface area contributed by atoms with E-state index >= 15 is 0 Å². The first kappa shape index (κ1) is 20.9. The molecular weight excluding hydrogens is 398 g/mol. The number of carbonyl (C=O) groups is 2. The molecule has 2 aliphatic heterocycles. The van der Waals surface area contributed by atoms with Gasteiger partial charge in [-0.05, 0) is 54.8 Å². The van der Waals surface area contributed by atoms with Gasteiger partial charge in [0, 0.05) is 18.7 Å². The van der Waals surface area contributed by atoms with Crippen molar-refractivity contribution in [2.75, 3.05) is 27.4 Å². The number of Topliss-reactive ketones (excluding diaryl/α,β-unsaturated/α-hetero) is 1. The molecule has 0 aliphatic carbocycles. The van der Waals surface area contributed by atoms with E-state index in [1.807, 2.05) is 6.07 Å². The number of hydrogen-bond donors (Lipinski definition) is 1. The molecule has 1 amide bonds. The smallest absolute Gasteiger partial charge is 0.295 e. The van der Waals surface area contributed by atoms with Gasteiger partial charge in [-0.1, -0.05) is 12.1 Å². The van der Waals surface area contributed by atoms with E-state index in [1.165, 1.54) is 4.90 Å². The number of ether oxygens (including phenoxy) is 3. The first-order chi connectivity index (χ1) is 15.0. The molecule has 2 heterocycles. The third-order valence-electron chi connectivity index (χ3n) is 5.74. The molecule has 7 nitrogen and oxygen atoms in total. The molecule has 2 atom stereocenters. The van der Waals surface area contributed by atoms with Gasteiger partial charge in [0.2, 0.25) is 0 Å². The van der Waals surface area contributed by atoms with E-state index in [-0.39, 0.29) is 24.0 Å². The zero-order valence-corrected chi connectivity index (χ0v) is 17.5. The van der Waals surface area contributed by atoms with Crippen LogP contribution in [0, 0.1) is 0 Å². The second-order valence-electron chi connectivity index (χ2n) is 7.59. The maximum Gasteiger partial charge on any atom is 0.295 e. The Balaban J connectivity index is 1.81. The average Bonchev–Trinajstić information content (AvgIpc) is 3.41. The van der Waals surface area contributed by atoms with E-state index in [1.54, 1.807) is 56.7 Å². The van der Waals surface area contributed by atoms with Crippen molar-refractivity contribution in [2.45, 2.75) is 25.0 Å². The highest BCUT2D eigenvalue weighted by Crippen LogP contribution is 2.41. The molecule has 0 radical (unpaired) electrons. The summed E-state index contributed by atoms with van der Waals surface area (Å²) >= 11 is 0. The molecule has 162 valence electrons. The van der Waals surface area contributed by atoms with Gasteiger partial charge in [-0.15, -0.1) is 0 Å². The normalized spacial score (nSPS) is 22.7. The first-order valence-corrected chi connectivity index (χ1v) is 10.2. The molecule has 2 saturated heterocycles. The van der Waals surface area contributed by atoms with Crippen LogP contribution in [0.5, 0.6) is 11.5 Å². The Labute approximate surface area is 180 Å². The van der Waals surface area contributed by atoms with Gasteiger partial charge in [-0.3, -0.25) is 9.59 Å². The zero-order valence-electron chi connectivity index (χ0n) is 17.5. The molecule has 2 aromatic rings. The minimum absolute atomic E-state index is 0.0569. The van der Waals surface area contributed by atoms with Crippen LogP contribution < -0.4 is 9.47 Å². The predicted octanol–water partition coefficient (Wildman–Crippen LogP) is 3.30. The number of amides is 1. The van der Waals surface area contributed by atoms with Crippen LogP contribution in [0.25, 0.3) is 5.76 Å². The first-order valence-electron chi connectivity index (χ1n) is 10.2. The largest absolute Gasteiger partial charge is 0.507 e. The van der Waals surface area contributed by atoms with Crippen molar-refractivity contribution in [2.24, 2.45) is 0 Å². The number of carbonyl (C=O) groups excluding carboxylic acids is 2. The van der Waals surface area contributed by atoms with Crippen LogP contribution >= 0.6 is 0 Å². The Morgan fingerprint density at radius 1 is 1.10 bits per heavy atom. The Morgan fingerprint density at radius 3 is 2.48 bits per heavy atom. The van der Waals surface area contributed by atoms with Crippen LogP contribution in [0.15, 0.2) is 54.1 Å². The number of ketones is 1. The molecule has 31 heavy (non-hydrogen) atoms. The topological polar surface area (TPSA) is 85.3 Å². The summed E-state index contributed by atoms with van der Waals surface area (Å²) in [6.45, 7) is 0.927. The minimum atomic E-state index is -0.735. The molecule has 1 N–H and O–H groups in total. The monoisotopic (exact) mass is 423 g/mol. The lowest BCUT2D eigenvalue weighted by Gasteiger charge is -2.27. The van der Waals surface area contributed by atoms with Crippen LogP contribution in [0.3, 0.4) is 0 Å². The third-order valence-corrected chi connectivity index (χ3v) is 5.74. The highest BCUT2D eigenvalue weighted by Gasteiger charge is 2.47. The van der Waals surface area contributed by atoms with Crippen LogP contribution in [0.1, 0.15) is 30.0 Å². The molecule has 2 aliphatic rings. The summed E-state index contributed by atoms with van der Waals surface area (Å²) in [6, 6.07) is 13.2. The molecule has 2 fully saturated rings. The van der Waals surface area contributed by atoms with E-state index < -0.39 is 17.7 Å². The Morgan fingerprint density at radius 2 is 1.84 bits per heavy atom. The summed E-state index contributed by atoms with van der Waals surface area (Å²) in [6.07, 6.45) is 1.61. The molecule has 2 unspecified atom stereocenters. The molecular formula is C24H25NO6. The lowest BCUT2D eigenvalue weighted by molar-refractivity contribution is -0.140. The maximum absolute atomic E-state index is 13.1. The van der Waals surface area contributed by atoms with Crippen molar-refractivity contribution in [3.05, 3.63) is 65.2 Å². The average molecular weight is 423 g/mol. The van der Waals surface area contributed by atoms with Crippen molar-refractivity contribution in [3.8, 4) is 11.5 Å². The number of aliphatic hydroxyl groups is 1. The number of methoxy groups -OCH3 is 2. The molecule has 0 aromatic heterocycles. The van der Waals surface area contributed by atoms with Gasteiger partial charge < -0.3 is 24.2 Å². The number of aliphatic hydroxyl groups excluding tert-OH is 1. The summed E-state index contributed by atoms with van der Waals surface area (Å²) < 4.78 is 16.2. The van der Waals surface area contributed by atoms with Crippen molar-refractivity contribution in [3.63, 3.8) is 0 Å². The zero-order chi connectivity index (χ0) is 22.0. The highest BCUT2D eigenvalue weighted by atomic mass is 16.5. The van der Waals surface area contributed by atoms with Gasteiger partial charge in [-0.25, -0.2) is 0 Å². The quantitative estimate of drug-likeness (QED) is 0.436. The lowest BCUT2D eigenvalue weighted by Crippen LogP contribution is -2.36. The minimum Gasteiger partial charge on any atom is -0.507 e. The van der Waals surface area contributed by atoms with Gasteiger partial charge in [0.25, 0.3) is 11.7 Å². The summed E-state index contributed by atoms with van der Waals surface area (Å²) in [7, 11) is 3.11. The second-order valence-corrected chi connectivity index (χ2v) is 7.59. The fraction of sp³-hybridized carbons (Fsp3) is 0.333. The molecule has 7 heteroatoms. The fourth-order valence-corrected chi connectivity index (χ4v) is 4.14. The SMILES string of the molecule is COc1ccc(/C(O)=C2\C(=O)C(=O)N(CC3CCCO3)C2c2cccc(OC)c2)cc1. The van der Waals surface area contributed by atoms with E-state index in [4.69, 9.17) is 14.2 Å². The lowest BCUT2D eigenvalue weighted by atomic mass is 9.95. The fourth-order valence-electron chi connectivity index (χ4n) is 4.14. The van der Waals surface area contributed by atoms with Gasteiger partial charge >= 0.3 is 0 Å². The molecule has 0 spiro atoms. The highest BCUT2D eigenvalue weighted by molar-refractivity contribution is 6.46. The van der Waals surface area contributed by atoms with Crippen molar-refractivity contribution in [1.82, 2.24) is 4.90 Å². The van der Waals surface area contributed by atoms with Crippen molar-refractivity contribution >= 4 is 17.4 Å². The maximum atomic E-state index is 13.1. The number of nitrogens with zero attached hydrogens (tertiary/aromatic N) is 1. The van der Waals surface area contributed by atoms with Crippen LogP contribution in [0.2, 0.25) is 0 Å². The van der Waals surface area contributed by atoms with Gasteiger partial charge in [0.15, 0.2) is 0 Å². The molecule has 0 saturated carbocycles. The van der Waals surface area contributed by atoms with Crippen LogP contribution in [-0.4, -0.2) is 55.2 Å². The van der Waals surface area contributed by atoms with Crippen molar-refractivity contribution in [1.29, 1.82) is 0 Å². The van der Waals surface area contributed by atoms with E-state index in [2.05, 4.69) is 0 Å². The molecule has 2 aromatic carbocycles. The predicted molar refractivity (Wildman–Crippen MR) is 114 cm³/mol. The molecule has 4 rings (SSSR count). The Bertz CT molecular complexity index is 1010. The second kappa shape index (κ2) is 8.81. The van der Waals surface area contributed by atoms with Crippen LogP contribution in [0.4, 0.5) is 0 Å². The Kier molecular flexibility index (Phi) is 5.95. The summed E-state index contributed by atoms with van der Waals surface area (Å²) in [5.74, 6) is -0.342. The summed E-state index contributed by atoms with van der Waals surface area (Å²) in [4.78, 5) is 27.6. The van der Waals surface area contributed by atoms with Gasteiger partial charge in [0.1, 0.15) is 17.3 Å². The summed E-state index contributed by atoms with van der Waals surface area (Å²) in [5, 5.41) is 11.1. The van der Waals surface area contributed by atoms with E-state index in [0.717, 1.165) is 12.8 Å². The van der Waals surface area contributed by atoms with Crippen molar-refractivity contribution < 1.29 is 28.9 Å². The summed E-state index contributed by atoms with van der Waals surface area (Å²) in [5.41, 5.74) is 1.18.